The Morgan fingerprint density at radius 1 is 1.07 bits per heavy atom. The Morgan fingerprint density at radius 3 is 2.41 bits per heavy atom. The number of carbonyl (C=O) groups excluding carboxylic acids is 1. The number of nitrogens with zero attached hydrogens (tertiary/aromatic N) is 3. The molecular weight excluding hydrogens is 366 g/mol. The van der Waals surface area contributed by atoms with Gasteiger partial charge in [-0.3, -0.25) is 19.2 Å². The first-order chi connectivity index (χ1) is 12.8. The van der Waals surface area contributed by atoms with Crippen LogP contribution in [0.1, 0.15) is 15.9 Å². The van der Waals surface area contributed by atoms with Gasteiger partial charge < -0.3 is 4.90 Å². The van der Waals surface area contributed by atoms with Gasteiger partial charge >= 0.3 is 0 Å². The molecule has 0 fully saturated rings. The number of amides is 1. The van der Waals surface area contributed by atoms with Crippen LogP contribution in [0.5, 0.6) is 0 Å². The summed E-state index contributed by atoms with van der Waals surface area (Å²) in [6.07, 6.45) is 1.64. The molecule has 1 amide bonds. The van der Waals surface area contributed by atoms with E-state index in [9.17, 15) is 13.2 Å². The van der Waals surface area contributed by atoms with E-state index in [1.54, 1.807) is 4.90 Å². The molecule has 4 rings (SSSR count). The van der Waals surface area contributed by atoms with Crippen molar-refractivity contribution in [1.29, 1.82) is 0 Å². The fourth-order valence-corrected chi connectivity index (χ4v) is 3.11. The van der Waals surface area contributed by atoms with Crippen LogP contribution in [0.3, 0.4) is 0 Å². The predicted octanol–water partition coefficient (Wildman–Crippen LogP) is 2.07. The van der Waals surface area contributed by atoms with E-state index in [-0.39, 0.29) is 5.91 Å². The molecular formula is C19H21N3O4S. The SMILES string of the molecule is CS(=O)(=O)O.O=C1c2ccccc2N(CCc2ccccc2)C2=NCCN12. The molecule has 0 saturated heterocycles. The average molecular weight is 387 g/mol. The quantitative estimate of drug-likeness (QED) is 0.814. The fraction of sp³-hybridized carbons (Fsp3) is 0.263. The molecule has 142 valence electrons. The lowest BCUT2D eigenvalue weighted by molar-refractivity contribution is 0.0851. The summed E-state index contributed by atoms with van der Waals surface area (Å²) in [4.78, 5) is 21.1. The lowest BCUT2D eigenvalue weighted by Gasteiger charge is -2.36. The molecule has 0 atom stereocenters. The van der Waals surface area contributed by atoms with Crippen molar-refractivity contribution in [1.82, 2.24) is 4.90 Å². The van der Waals surface area contributed by atoms with E-state index in [4.69, 9.17) is 4.55 Å². The maximum Gasteiger partial charge on any atom is 0.262 e. The van der Waals surface area contributed by atoms with Crippen molar-refractivity contribution in [3.05, 3.63) is 65.7 Å². The van der Waals surface area contributed by atoms with Gasteiger partial charge in [0.25, 0.3) is 16.0 Å². The van der Waals surface area contributed by atoms with Gasteiger partial charge in [0.1, 0.15) is 0 Å². The van der Waals surface area contributed by atoms with Crippen LogP contribution in [0.25, 0.3) is 0 Å². The summed E-state index contributed by atoms with van der Waals surface area (Å²) in [5, 5.41) is 0. The van der Waals surface area contributed by atoms with Crippen molar-refractivity contribution in [3.63, 3.8) is 0 Å². The molecule has 0 aliphatic carbocycles. The Balaban J connectivity index is 0.000000376. The molecule has 2 aliphatic heterocycles. The third kappa shape index (κ3) is 4.72. The molecule has 8 heteroatoms. The molecule has 0 aromatic heterocycles. The first-order valence-electron chi connectivity index (χ1n) is 8.54. The number of guanidine groups is 1. The van der Waals surface area contributed by atoms with Crippen molar-refractivity contribution in [3.8, 4) is 0 Å². The van der Waals surface area contributed by atoms with Gasteiger partial charge in [-0.05, 0) is 24.1 Å². The standard InChI is InChI=1S/C18H17N3O.CH4O3S/c22-17-15-8-4-5-9-16(15)20(18-19-11-13-21(17)18)12-10-14-6-2-1-3-7-14;1-5(2,3)4/h1-9H,10-13H2;1H3,(H,2,3,4). The second kappa shape index (κ2) is 7.89. The van der Waals surface area contributed by atoms with Crippen molar-refractivity contribution in [2.75, 3.05) is 30.8 Å². The van der Waals surface area contributed by atoms with Crippen molar-refractivity contribution in [2.45, 2.75) is 6.42 Å². The summed E-state index contributed by atoms with van der Waals surface area (Å²) in [5.41, 5.74) is 3.04. The summed E-state index contributed by atoms with van der Waals surface area (Å²) in [6.45, 7) is 2.20. The van der Waals surface area contributed by atoms with Crippen LogP contribution in [0.4, 0.5) is 5.69 Å². The molecule has 2 heterocycles. The highest BCUT2D eigenvalue weighted by atomic mass is 32.2. The second-order valence-corrected chi connectivity index (χ2v) is 7.74. The summed E-state index contributed by atoms with van der Waals surface area (Å²) in [7, 11) is -3.67. The molecule has 7 nitrogen and oxygen atoms in total. The van der Waals surface area contributed by atoms with E-state index in [1.165, 1.54) is 5.56 Å². The van der Waals surface area contributed by atoms with Gasteiger partial charge in [-0.25, -0.2) is 0 Å². The van der Waals surface area contributed by atoms with Crippen LogP contribution in [-0.4, -0.2) is 55.6 Å². The van der Waals surface area contributed by atoms with E-state index < -0.39 is 10.1 Å². The monoisotopic (exact) mass is 387 g/mol. The lowest BCUT2D eigenvalue weighted by atomic mass is 10.1. The van der Waals surface area contributed by atoms with Crippen LogP contribution in [-0.2, 0) is 16.5 Å². The third-order valence-corrected chi connectivity index (χ3v) is 4.20. The zero-order chi connectivity index (χ0) is 19.4. The average Bonchev–Trinajstić information content (AvgIpc) is 3.11. The van der Waals surface area contributed by atoms with Crippen molar-refractivity contribution >= 4 is 27.7 Å². The molecule has 2 aromatic rings. The van der Waals surface area contributed by atoms with Gasteiger partial charge in [-0.15, -0.1) is 0 Å². The van der Waals surface area contributed by atoms with E-state index in [0.717, 1.165) is 30.2 Å². The Kier molecular flexibility index (Phi) is 5.57. The lowest BCUT2D eigenvalue weighted by Crippen LogP contribution is -2.50. The summed E-state index contributed by atoms with van der Waals surface area (Å²) >= 11 is 0. The van der Waals surface area contributed by atoms with Gasteiger partial charge in [-0.1, -0.05) is 42.5 Å². The molecule has 0 spiro atoms. The highest BCUT2D eigenvalue weighted by Crippen LogP contribution is 2.30. The fourth-order valence-electron chi connectivity index (χ4n) is 3.11. The molecule has 2 aromatic carbocycles. The number of carbonyl (C=O) groups is 1. The first-order valence-corrected chi connectivity index (χ1v) is 10.4. The number of anilines is 1. The molecule has 2 aliphatic rings. The van der Waals surface area contributed by atoms with Crippen molar-refractivity contribution < 1.29 is 17.8 Å². The Labute approximate surface area is 158 Å². The second-order valence-electron chi connectivity index (χ2n) is 6.28. The minimum Gasteiger partial charge on any atom is -0.311 e. The summed E-state index contributed by atoms with van der Waals surface area (Å²) in [5.74, 6) is 0.877. The normalized spacial score (nSPS) is 15.5. The highest BCUT2D eigenvalue weighted by Gasteiger charge is 2.36. The summed E-state index contributed by atoms with van der Waals surface area (Å²) < 4.78 is 25.9. The van der Waals surface area contributed by atoms with Gasteiger partial charge in [0.05, 0.1) is 24.1 Å². The van der Waals surface area contributed by atoms with Gasteiger partial charge in [0.2, 0.25) is 5.96 Å². The zero-order valence-electron chi connectivity index (χ0n) is 14.9. The van der Waals surface area contributed by atoms with Crippen molar-refractivity contribution in [2.24, 2.45) is 4.99 Å². The smallest absolute Gasteiger partial charge is 0.262 e. The molecule has 1 N–H and O–H groups in total. The number of benzene rings is 2. The maximum absolute atomic E-state index is 12.5. The highest BCUT2D eigenvalue weighted by molar-refractivity contribution is 7.85. The minimum atomic E-state index is -3.67. The number of aliphatic imine (C=N–C) groups is 1. The van der Waals surface area contributed by atoms with E-state index in [0.29, 0.717) is 19.3 Å². The molecule has 0 bridgehead atoms. The van der Waals surface area contributed by atoms with Crippen LogP contribution in [0, 0.1) is 0 Å². The molecule has 27 heavy (non-hydrogen) atoms. The van der Waals surface area contributed by atoms with E-state index in [2.05, 4.69) is 34.2 Å². The molecule has 0 radical (unpaired) electrons. The Bertz CT molecular complexity index is 950. The number of fused-ring (bicyclic) bond motifs is 2. The number of hydrogen-bond donors (Lipinski definition) is 1. The van der Waals surface area contributed by atoms with Crippen LogP contribution >= 0.6 is 0 Å². The first kappa shape index (κ1) is 19.1. The van der Waals surface area contributed by atoms with E-state index in [1.807, 2.05) is 30.3 Å². The number of hydrogen-bond acceptors (Lipinski definition) is 5. The molecule has 0 saturated carbocycles. The number of rotatable bonds is 3. The maximum atomic E-state index is 12.5. The Hall–Kier alpha value is -2.71. The van der Waals surface area contributed by atoms with Crippen LogP contribution < -0.4 is 4.90 Å². The zero-order valence-corrected chi connectivity index (χ0v) is 15.8. The third-order valence-electron chi connectivity index (χ3n) is 4.20. The van der Waals surface area contributed by atoms with Gasteiger partial charge in [0.15, 0.2) is 0 Å². The molecule has 0 unspecified atom stereocenters. The van der Waals surface area contributed by atoms with E-state index >= 15 is 0 Å². The topological polar surface area (TPSA) is 90.3 Å². The van der Waals surface area contributed by atoms with Crippen LogP contribution in [0.2, 0.25) is 0 Å². The summed E-state index contributed by atoms with van der Waals surface area (Å²) in [6, 6.07) is 18.2. The van der Waals surface area contributed by atoms with Crippen LogP contribution in [0.15, 0.2) is 59.6 Å². The predicted molar refractivity (Wildman–Crippen MR) is 105 cm³/mol. The van der Waals surface area contributed by atoms with Gasteiger partial charge in [0, 0.05) is 13.1 Å². The largest absolute Gasteiger partial charge is 0.311 e. The number of para-hydroxylation sites is 1. The Morgan fingerprint density at radius 2 is 1.70 bits per heavy atom. The van der Waals surface area contributed by atoms with Gasteiger partial charge in [-0.2, -0.15) is 8.42 Å². The minimum absolute atomic E-state index is 0.0720.